The second-order valence-electron chi connectivity index (χ2n) is 4.30. The molecule has 3 atom stereocenters. The third kappa shape index (κ3) is 4.23. The number of hydrogen-bond donors (Lipinski definition) is 2. The minimum absolute atomic E-state index is 0.177. The molecule has 2 N–H and O–H groups in total. The Bertz CT molecular complexity index is 248. The molecule has 0 radical (unpaired) electrons. The number of nitrogens with zero attached hydrogens (tertiary/aromatic N) is 1. The van der Waals surface area contributed by atoms with Gasteiger partial charge in [-0.1, -0.05) is 0 Å². The van der Waals surface area contributed by atoms with E-state index in [1.165, 1.54) is 0 Å². The largest absolute Gasteiger partial charge is 0.481 e. The Labute approximate surface area is 101 Å². The van der Waals surface area contributed by atoms with Crippen molar-refractivity contribution < 1.29 is 24.5 Å². The number of rotatable bonds is 7. The molecule has 0 aliphatic carbocycles. The van der Waals surface area contributed by atoms with Crippen molar-refractivity contribution in [1.82, 2.24) is 4.90 Å². The fraction of sp³-hybridized carbons (Fsp3) is 0.909. The SMILES string of the molecule is CCOCC(O)CN(C)C1COCC1C(=O)O. The molecule has 6 heteroatoms. The molecule has 1 rings (SSSR count). The maximum atomic E-state index is 11.0. The van der Waals surface area contributed by atoms with E-state index >= 15 is 0 Å². The first-order chi connectivity index (χ1) is 8.06. The molecule has 0 aromatic carbocycles. The number of ether oxygens (including phenoxy) is 2. The summed E-state index contributed by atoms with van der Waals surface area (Å²) in [5, 5.41) is 18.7. The van der Waals surface area contributed by atoms with Crippen LogP contribution >= 0.6 is 0 Å². The number of aliphatic hydroxyl groups is 1. The molecule has 1 saturated heterocycles. The van der Waals surface area contributed by atoms with Gasteiger partial charge in [-0.3, -0.25) is 9.69 Å². The number of aliphatic hydroxyl groups excluding tert-OH is 1. The van der Waals surface area contributed by atoms with Crippen molar-refractivity contribution in [2.75, 3.05) is 40.0 Å². The Morgan fingerprint density at radius 1 is 1.59 bits per heavy atom. The lowest BCUT2D eigenvalue weighted by Gasteiger charge is -2.28. The maximum Gasteiger partial charge on any atom is 0.310 e. The van der Waals surface area contributed by atoms with Crippen LogP contribution in [0.1, 0.15) is 6.92 Å². The maximum absolute atomic E-state index is 11.0. The summed E-state index contributed by atoms with van der Waals surface area (Å²) in [6.45, 7) is 3.72. The van der Waals surface area contributed by atoms with E-state index in [0.717, 1.165) is 0 Å². The van der Waals surface area contributed by atoms with E-state index in [4.69, 9.17) is 14.6 Å². The van der Waals surface area contributed by atoms with Crippen LogP contribution in [-0.4, -0.2) is 73.2 Å². The monoisotopic (exact) mass is 247 g/mol. The first-order valence-corrected chi connectivity index (χ1v) is 5.82. The summed E-state index contributed by atoms with van der Waals surface area (Å²) < 4.78 is 10.3. The summed E-state index contributed by atoms with van der Waals surface area (Å²) in [7, 11) is 1.80. The van der Waals surface area contributed by atoms with Gasteiger partial charge >= 0.3 is 5.97 Å². The van der Waals surface area contributed by atoms with Crippen LogP contribution in [0.5, 0.6) is 0 Å². The molecule has 1 aliphatic heterocycles. The highest BCUT2D eigenvalue weighted by Crippen LogP contribution is 2.19. The second-order valence-corrected chi connectivity index (χ2v) is 4.30. The first-order valence-electron chi connectivity index (χ1n) is 5.82. The number of hydrogen-bond acceptors (Lipinski definition) is 5. The fourth-order valence-corrected chi connectivity index (χ4v) is 1.99. The minimum atomic E-state index is -0.848. The average molecular weight is 247 g/mol. The van der Waals surface area contributed by atoms with Crippen LogP contribution in [0.4, 0.5) is 0 Å². The van der Waals surface area contributed by atoms with Crippen LogP contribution in [0.2, 0.25) is 0 Å². The van der Waals surface area contributed by atoms with Crippen LogP contribution in [0.3, 0.4) is 0 Å². The van der Waals surface area contributed by atoms with Crippen LogP contribution in [0, 0.1) is 5.92 Å². The summed E-state index contributed by atoms with van der Waals surface area (Å²) in [6.07, 6.45) is -0.602. The van der Waals surface area contributed by atoms with Crippen LogP contribution < -0.4 is 0 Å². The summed E-state index contributed by atoms with van der Waals surface area (Å²) in [4.78, 5) is 12.8. The van der Waals surface area contributed by atoms with E-state index in [0.29, 0.717) is 19.8 Å². The van der Waals surface area contributed by atoms with Crippen molar-refractivity contribution in [3.05, 3.63) is 0 Å². The third-order valence-electron chi connectivity index (χ3n) is 2.95. The summed E-state index contributed by atoms with van der Waals surface area (Å²) in [6, 6.07) is -0.177. The summed E-state index contributed by atoms with van der Waals surface area (Å²) in [5.74, 6) is -1.36. The first kappa shape index (κ1) is 14.4. The molecule has 0 aromatic heterocycles. The number of carbonyl (C=O) groups is 1. The van der Waals surface area contributed by atoms with Gasteiger partial charge in [0.05, 0.1) is 31.8 Å². The van der Waals surface area contributed by atoms with E-state index in [9.17, 15) is 9.90 Å². The number of aliphatic carboxylic acids is 1. The number of likely N-dealkylation sites (N-methyl/N-ethyl adjacent to an activating group) is 1. The molecule has 1 heterocycles. The molecule has 0 aromatic rings. The lowest BCUT2D eigenvalue weighted by atomic mass is 10.0. The normalized spacial score (nSPS) is 26.4. The molecule has 6 nitrogen and oxygen atoms in total. The topological polar surface area (TPSA) is 79.2 Å². The number of carboxylic acids is 1. The lowest BCUT2D eigenvalue weighted by Crippen LogP contribution is -2.44. The van der Waals surface area contributed by atoms with Crippen molar-refractivity contribution >= 4 is 5.97 Å². The Morgan fingerprint density at radius 2 is 2.29 bits per heavy atom. The molecule has 3 unspecified atom stereocenters. The van der Waals surface area contributed by atoms with Gasteiger partial charge in [-0.15, -0.1) is 0 Å². The summed E-state index contributed by atoms with van der Waals surface area (Å²) in [5.41, 5.74) is 0. The smallest absolute Gasteiger partial charge is 0.310 e. The zero-order valence-electron chi connectivity index (χ0n) is 10.3. The van der Waals surface area contributed by atoms with Gasteiger partial charge in [0.25, 0.3) is 0 Å². The molecular weight excluding hydrogens is 226 g/mol. The highest BCUT2D eigenvalue weighted by Gasteiger charge is 2.36. The lowest BCUT2D eigenvalue weighted by molar-refractivity contribution is -0.143. The van der Waals surface area contributed by atoms with Crippen molar-refractivity contribution in [3.8, 4) is 0 Å². The van der Waals surface area contributed by atoms with Gasteiger partial charge < -0.3 is 19.7 Å². The minimum Gasteiger partial charge on any atom is -0.481 e. The van der Waals surface area contributed by atoms with E-state index in [-0.39, 0.29) is 19.3 Å². The van der Waals surface area contributed by atoms with Crippen molar-refractivity contribution in [3.63, 3.8) is 0 Å². The Kier molecular flexibility index (Phi) is 5.84. The second kappa shape index (κ2) is 6.90. The van der Waals surface area contributed by atoms with Crippen LogP contribution in [0.25, 0.3) is 0 Å². The van der Waals surface area contributed by atoms with Gasteiger partial charge in [-0.2, -0.15) is 0 Å². The van der Waals surface area contributed by atoms with Gasteiger partial charge in [0.2, 0.25) is 0 Å². The molecule has 17 heavy (non-hydrogen) atoms. The van der Waals surface area contributed by atoms with Crippen LogP contribution in [-0.2, 0) is 14.3 Å². The zero-order chi connectivity index (χ0) is 12.8. The van der Waals surface area contributed by atoms with Crippen molar-refractivity contribution in [1.29, 1.82) is 0 Å². The number of carboxylic acid groups (broad SMARTS) is 1. The molecule has 0 saturated carbocycles. The van der Waals surface area contributed by atoms with Crippen molar-refractivity contribution in [2.24, 2.45) is 5.92 Å². The molecule has 0 spiro atoms. The third-order valence-corrected chi connectivity index (χ3v) is 2.95. The molecular formula is C11H21NO5. The van der Waals surface area contributed by atoms with Crippen LogP contribution in [0.15, 0.2) is 0 Å². The van der Waals surface area contributed by atoms with Crippen molar-refractivity contribution in [2.45, 2.75) is 19.1 Å². The van der Waals surface area contributed by atoms with Gasteiger partial charge in [0, 0.05) is 19.2 Å². The molecule has 1 aliphatic rings. The Balaban J connectivity index is 2.40. The Morgan fingerprint density at radius 3 is 2.88 bits per heavy atom. The Hall–Kier alpha value is -0.690. The van der Waals surface area contributed by atoms with Gasteiger partial charge in [-0.25, -0.2) is 0 Å². The highest BCUT2D eigenvalue weighted by atomic mass is 16.5. The highest BCUT2D eigenvalue weighted by molar-refractivity contribution is 5.71. The zero-order valence-corrected chi connectivity index (χ0v) is 10.3. The van der Waals surface area contributed by atoms with E-state index in [1.54, 1.807) is 7.05 Å². The predicted octanol–water partition coefficient (Wildman–Crippen LogP) is -0.585. The van der Waals surface area contributed by atoms with Gasteiger partial charge in [0.1, 0.15) is 0 Å². The van der Waals surface area contributed by atoms with E-state index in [1.807, 2.05) is 11.8 Å². The van der Waals surface area contributed by atoms with Gasteiger partial charge in [-0.05, 0) is 14.0 Å². The van der Waals surface area contributed by atoms with Gasteiger partial charge in [0.15, 0.2) is 0 Å². The molecule has 0 bridgehead atoms. The molecule has 0 amide bonds. The quantitative estimate of drug-likeness (QED) is 0.626. The molecule has 100 valence electrons. The molecule has 1 fully saturated rings. The predicted molar refractivity (Wildman–Crippen MR) is 60.9 cm³/mol. The average Bonchev–Trinajstić information content (AvgIpc) is 2.75. The fourth-order valence-electron chi connectivity index (χ4n) is 1.99. The van der Waals surface area contributed by atoms with E-state index < -0.39 is 18.0 Å². The van der Waals surface area contributed by atoms with E-state index in [2.05, 4.69) is 0 Å². The standard InChI is InChI=1S/C11H21NO5/c1-3-16-5-8(13)4-12(2)10-7-17-6-9(10)11(14)15/h8-10,13H,3-7H2,1-2H3,(H,14,15). The summed E-state index contributed by atoms with van der Waals surface area (Å²) >= 11 is 0.